The van der Waals surface area contributed by atoms with Crippen LogP contribution in [0, 0.1) is 11.6 Å². The zero-order valence-electron chi connectivity index (χ0n) is 15.9. The molecule has 0 aliphatic carbocycles. The average molecular weight is 513 g/mol. The van der Waals surface area contributed by atoms with Gasteiger partial charge in [0.15, 0.2) is 26.6 Å². The van der Waals surface area contributed by atoms with Crippen LogP contribution in [0.25, 0.3) is 0 Å². The zero-order valence-corrected chi connectivity index (χ0v) is 19.1. The van der Waals surface area contributed by atoms with Gasteiger partial charge in [-0.2, -0.15) is 0 Å². The van der Waals surface area contributed by atoms with E-state index in [-0.39, 0.29) is 0 Å². The summed E-state index contributed by atoms with van der Waals surface area (Å²) in [6.07, 6.45) is 1.50. The molecule has 158 valence electrons. The fourth-order valence-corrected chi connectivity index (χ4v) is 6.43. The summed E-state index contributed by atoms with van der Waals surface area (Å²) in [5.41, 5.74) is 1.44. The van der Waals surface area contributed by atoms with E-state index in [1.54, 1.807) is 30.3 Å². The molecule has 4 nitrogen and oxygen atoms in total. The summed E-state index contributed by atoms with van der Waals surface area (Å²) in [5.74, 6) is -1.73. The maximum absolute atomic E-state index is 13.4. The van der Waals surface area contributed by atoms with E-state index in [1.807, 2.05) is 5.38 Å². The van der Waals surface area contributed by atoms with Crippen molar-refractivity contribution >= 4 is 42.2 Å². The predicted molar refractivity (Wildman–Crippen MR) is 118 cm³/mol. The first-order valence-electron chi connectivity index (χ1n) is 9.45. The van der Waals surface area contributed by atoms with E-state index in [0.29, 0.717) is 42.8 Å². The largest absolute Gasteiger partial charge is 0.348 e. The van der Waals surface area contributed by atoms with Gasteiger partial charge in [0.25, 0.3) is 0 Å². The van der Waals surface area contributed by atoms with E-state index in [4.69, 9.17) is 0 Å². The number of piperidine rings is 1. The molecule has 0 N–H and O–H groups in total. The van der Waals surface area contributed by atoms with Crippen LogP contribution in [0.4, 0.5) is 13.9 Å². The first-order chi connectivity index (χ1) is 14.3. The lowest BCUT2D eigenvalue weighted by Gasteiger charge is -2.31. The predicted octanol–water partition coefficient (Wildman–Crippen LogP) is 5.22. The molecule has 0 atom stereocenters. The lowest BCUT2D eigenvalue weighted by atomic mass is 10.1. The smallest absolute Gasteiger partial charge is 0.185 e. The van der Waals surface area contributed by atoms with Crippen molar-refractivity contribution < 1.29 is 17.2 Å². The Kier molecular flexibility index (Phi) is 6.22. The third-order valence-corrected chi connectivity index (χ3v) is 8.96. The standard InChI is InChI=1S/C21H19BrF2N2O2S2/c22-15-2-4-17(5-3-15)30(27,28)18-7-9-26(10-8-18)21-25-16(13-29-21)11-14-1-6-19(23)20(24)12-14/h1-6,12-13,18H,7-11H2. The molecule has 1 aliphatic heterocycles. The molecule has 2 aromatic carbocycles. The fourth-order valence-electron chi connectivity index (χ4n) is 3.56. The minimum atomic E-state index is -3.36. The van der Waals surface area contributed by atoms with Gasteiger partial charge in [-0.25, -0.2) is 22.2 Å². The number of benzene rings is 2. The Balaban J connectivity index is 1.40. The van der Waals surface area contributed by atoms with E-state index < -0.39 is 26.7 Å². The van der Waals surface area contributed by atoms with Crippen molar-refractivity contribution in [1.29, 1.82) is 0 Å². The van der Waals surface area contributed by atoms with Crippen LogP contribution in [-0.2, 0) is 16.3 Å². The maximum Gasteiger partial charge on any atom is 0.185 e. The van der Waals surface area contributed by atoms with E-state index >= 15 is 0 Å². The van der Waals surface area contributed by atoms with Gasteiger partial charge in [-0.1, -0.05) is 22.0 Å². The molecule has 0 amide bonds. The molecule has 9 heteroatoms. The lowest BCUT2D eigenvalue weighted by molar-refractivity contribution is 0.507. The minimum Gasteiger partial charge on any atom is -0.348 e. The van der Waals surface area contributed by atoms with Gasteiger partial charge >= 0.3 is 0 Å². The second kappa shape index (κ2) is 8.72. The van der Waals surface area contributed by atoms with Crippen LogP contribution in [-0.4, -0.2) is 31.7 Å². The summed E-state index contributed by atoms with van der Waals surface area (Å²) >= 11 is 4.81. The Morgan fingerprint density at radius 3 is 2.43 bits per heavy atom. The molecule has 2 heterocycles. The highest BCUT2D eigenvalue weighted by Gasteiger charge is 2.32. The van der Waals surface area contributed by atoms with E-state index in [2.05, 4.69) is 25.8 Å². The first kappa shape index (κ1) is 21.4. The van der Waals surface area contributed by atoms with Crippen molar-refractivity contribution in [3.63, 3.8) is 0 Å². The van der Waals surface area contributed by atoms with E-state index in [0.717, 1.165) is 21.4 Å². The van der Waals surface area contributed by atoms with Gasteiger partial charge < -0.3 is 4.90 Å². The Bertz CT molecular complexity index is 1140. The van der Waals surface area contributed by atoms with Crippen molar-refractivity contribution in [1.82, 2.24) is 4.98 Å². The molecule has 0 radical (unpaired) electrons. The molecule has 1 aliphatic rings. The topological polar surface area (TPSA) is 50.3 Å². The van der Waals surface area contributed by atoms with Gasteiger partial charge in [0.2, 0.25) is 0 Å². The highest BCUT2D eigenvalue weighted by Crippen LogP contribution is 2.30. The van der Waals surface area contributed by atoms with Crippen molar-refractivity contribution in [3.8, 4) is 0 Å². The number of thiazole rings is 1. The normalized spacial score (nSPS) is 15.5. The van der Waals surface area contributed by atoms with Crippen LogP contribution < -0.4 is 4.90 Å². The van der Waals surface area contributed by atoms with Crippen LogP contribution >= 0.6 is 27.3 Å². The Morgan fingerprint density at radius 2 is 1.77 bits per heavy atom. The van der Waals surface area contributed by atoms with Crippen LogP contribution in [0.5, 0.6) is 0 Å². The molecule has 0 bridgehead atoms. The van der Waals surface area contributed by atoms with Crippen molar-refractivity contribution in [2.24, 2.45) is 0 Å². The number of anilines is 1. The summed E-state index contributed by atoms with van der Waals surface area (Å²) in [5, 5.41) is 2.32. The van der Waals surface area contributed by atoms with Crippen LogP contribution in [0.3, 0.4) is 0 Å². The zero-order chi connectivity index (χ0) is 21.3. The molecule has 0 spiro atoms. The second-order valence-electron chi connectivity index (χ2n) is 7.23. The van der Waals surface area contributed by atoms with Crippen molar-refractivity contribution in [2.75, 3.05) is 18.0 Å². The summed E-state index contributed by atoms with van der Waals surface area (Å²) in [4.78, 5) is 7.05. The second-order valence-corrected chi connectivity index (χ2v) is 11.2. The third-order valence-electron chi connectivity index (χ3n) is 5.20. The number of sulfone groups is 1. The maximum atomic E-state index is 13.4. The summed E-state index contributed by atoms with van der Waals surface area (Å²) < 4.78 is 53.1. The van der Waals surface area contributed by atoms with Gasteiger partial charge in [-0.05, 0) is 54.8 Å². The van der Waals surface area contributed by atoms with Gasteiger partial charge in [-0.15, -0.1) is 11.3 Å². The summed E-state index contributed by atoms with van der Waals surface area (Å²) in [7, 11) is -3.36. The Hall–Kier alpha value is -1.84. The molecule has 3 aromatic rings. The number of aromatic nitrogens is 1. The molecule has 1 saturated heterocycles. The highest BCUT2D eigenvalue weighted by molar-refractivity contribution is 9.10. The molecule has 1 aromatic heterocycles. The molecule has 30 heavy (non-hydrogen) atoms. The molecular formula is C21H19BrF2N2O2S2. The Labute approximate surface area is 186 Å². The molecule has 1 fully saturated rings. The molecule has 4 rings (SSSR count). The summed E-state index contributed by atoms with van der Waals surface area (Å²) in [6.45, 7) is 1.22. The molecular weight excluding hydrogens is 494 g/mol. The van der Waals surface area contributed by atoms with Crippen LogP contribution in [0.2, 0.25) is 0 Å². The lowest BCUT2D eigenvalue weighted by Crippen LogP contribution is -2.39. The number of nitrogens with zero attached hydrogens (tertiary/aromatic N) is 2. The van der Waals surface area contributed by atoms with Gasteiger partial charge in [0.1, 0.15) is 0 Å². The third kappa shape index (κ3) is 4.58. The highest BCUT2D eigenvalue weighted by atomic mass is 79.9. The molecule has 0 saturated carbocycles. The van der Waals surface area contributed by atoms with Crippen molar-refractivity contribution in [2.45, 2.75) is 29.4 Å². The fraction of sp³-hybridized carbons (Fsp3) is 0.286. The van der Waals surface area contributed by atoms with Crippen LogP contribution in [0.1, 0.15) is 24.1 Å². The number of hydrogen-bond donors (Lipinski definition) is 0. The quantitative estimate of drug-likeness (QED) is 0.470. The average Bonchev–Trinajstić information content (AvgIpc) is 3.20. The van der Waals surface area contributed by atoms with E-state index in [9.17, 15) is 17.2 Å². The number of halogens is 3. The summed E-state index contributed by atoms with van der Waals surface area (Å²) in [6, 6.07) is 10.6. The van der Waals surface area contributed by atoms with Gasteiger partial charge in [0, 0.05) is 29.4 Å². The minimum absolute atomic E-state index is 0.354. The van der Waals surface area contributed by atoms with Crippen molar-refractivity contribution in [3.05, 3.63) is 75.2 Å². The van der Waals surface area contributed by atoms with Gasteiger partial charge in [0.05, 0.1) is 15.8 Å². The number of rotatable bonds is 5. The van der Waals surface area contributed by atoms with E-state index in [1.165, 1.54) is 17.4 Å². The van der Waals surface area contributed by atoms with Gasteiger partial charge in [-0.3, -0.25) is 0 Å². The monoisotopic (exact) mass is 512 g/mol. The SMILES string of the molecule is O=S(=O)(c1ccc(Br)cc1)C1CCN(c2nc(Cc3ccc(F)c(F)c3)cs2)CC1. The van der Waals surface area contributed by atoms with Crippen LogP contribution in [0.15, 0.2) is 57.2 Å². The Morgan fingerprint density at radius 1 is 1.07 bits per heavy atom. The molecule has 0 unspecified atom stereocenters. The number of hydrogen-bond acceptors (Lipinski definition) is 5. The first-order valence-corrected chi connectivity index (χ1v) is 12.7.